The summed E-state index contributed by atoms with van der Waals surface area (Å²) < 4.78 is 2.78. The second-order valence-corrected chi connectivity index (χ2v) is 6.86. The minimum absolute atomic E-state index is 0.0231. The third-order valence-electron chi connectivity index (χ3n) is 5.38. The van der Waals surface area contributed by atoms with E-state index in [1.54, 1.807) is 42.7 Å². The molecule has 2 aromatic heterocycles. The Morgan fingerprint density at radius 1 is 1.00 bits per heavy atom. The fraction of sp³-hybridized carbons (Fsp3) is 0.200. The van der Waals surface area contributed by atoms with Crippen LogP contribution in [0.4, 0.5) is 5.69 Å². The number of rotatable bonds is 1. The standard InChI is InChI=1S/C20H16N4O3/c21-13-4-1-3-12-16(13)20(27)23-14-5-2-6-15(25)17(14)18(24(23)19(12)26)11-7-9-22-10-8-11/h1,3-4,7-10,18H,2,5-6,21H2. The van der Waals surface area contributed by atoms with Crippen molar-refractivity contribution in [3.63, 3.8) is 0 Å². The van der Waals surface area contributed by atoms with Gasteiger partial charge in [-0.05, 0) is 42.7 Å². The van der Waals surface area contributed by atoms with E-state index in [4.69, 9.17) is 5.73 Å². The normalized spacial score (nSPS) is 18.7. The Bertz CT molecular complexity index is 1270. The van der Waals surface area contributed by atoms with Gasteiger partial charge in [-0.25, -0.2) is 9.36 Å². The first kappa shape index (κ1) is 15.7. The lowest BCUT2D eigenvalue weighted by Gasteiger charge is -2.18. The van der Waals surface area contributed by atoms with E-state index in [0.29, 0.717) is 30.5 Å². The molecule has 1 unspecified atom stereocenters. The molecule has 7 nitrogen and oxygen atoms in total. The average molecular weight is 360 g/mol. The summed E-state index contributed by atoms with van der Waals surface area (Å²) in [6, 6.07) is 7.79. The van der Waals surface area contributed by atoms with Crippen LogP contribution in [0.3, 0.4) is 0 Å². The fourth-order valence-electron chi connectivity index (χ4n) is 4.24. The van der Waals surface area contributed by atoms with Crippen molar-refractivity contribution in [3.05, 3.63) is 74.6 Å². The van der Waals surface area contributed by atoms with Gasteiger partial charge in [-0.3, -0.25) is 19.4 Å². The summed E-state index contributed by atoms with van der Waals surface area (Å²) in [5.74, 6) is -0.0231. The molecule has 0 radical (unpaired) electrons. The average Bonchev–Trinajstić information content (AvgIpc) is 3.04. The van der Waals surface area contributed by atoms with Gasteiger partial charge in [0.15, 0.2) is 5.78 Å². The molecule has 0 bridgehead atoms. The molecule has 27 heavy (non-hydrogen) atoms. The molecule has 2 aliphatic rings. The van der Waals surface area contributed by atoms with Gasteiger partial charge in [0.05, 0.1) is 16.5 Å². The van der Waals surface area contributed by atoms with Crippen molar-refractivity contribution in [1.82, 2.24) is 14.3 Å². The number of Topliss-reactive ketones (excluding diaryl/α,β-unsaturated/α-hetero) is 1. The quantitative estimate of drug-likeness (QED) is 0.666. The van der Waals surface area contributed by atoms with Gasteiger partial charge in [-0.1, -0.05) is 6.07 Å². The molecule has 0 saturated carbocycles. The zero-order valence-electron chi connectivity index (χ0n) is 14.4. The summed E-state index contributed by atoms with van der Waals surface area (Å²) >= 11 is 0. The molecular formula is C20H16N4O3. The number of benzene rings is 1. The molecule has 0 amide bonds. The first-order chi connectivity index (χ1) is 13.1. The number of anilines is 1. The number of hydrogen-bond donors (Lipinski definition) is 1. The number of aromatic nitrogens is 3. The van der Waals surface area contributed by atoms with Gasteiger partial charge in [-0.2, -0.15) is 0 Å². The third-order valence-corrected chi connectivity index (χ3v) is 5.38. The Hall–Kier alpha value is -3.48. The van der Waals surface area contributed by atoms with E-state index < -0.39 is 6.04 Å². The molecule has 1 aromatic carbocycles. The number of nitrogens with two attached hydrogens (primary N) is 1. The van der Waals surface area contributed by atoms with E-state index in [-0.39, 0.29) is 33.4 Å². The van der Waals surface area contributed by atoms with Gasteiger partial charge in [0.25, 0.3) is 11.1 Å². The molecule has 1 aliphatic carbocycles. The van der Waals surface area contributed by atoms with Gasteiger partial charge < -0.3 is 5.73 Å². The van der Waals surface area contributed by atoms with Crippen LogP contribution in [-0.2, 0) is 4.79 Å². The van der Waals surface area contributed by atoms with Crippen molar-refractivity contribution in [2.75, 3.05) is 5.73 Å². The highest BCUT2D eigenvalue weighted by molar-refractivity contribution is 6.04. The molecule has 134 valence electrons. The molecule has 3 heterocycles. The van der Waals surface area contributed by atoms with Crippen LogP contribution in [0.15, 0.2) is 57.9 Å². The van der Waals surface area contributed by atoms with E-state index in [1.807, 2.05) is 0 Å². The summed E-state index contributed by atoms with van der Waals surface area (Å²) in [4.78, 5) is 43.5. The van der Waals surface area contributed by atoms with Crippen LogP contribution in [0.25, 0.3) is 16.5 Å². The summed E-state index contributed by atoms with van der Waals surface area (Å²) in [6.45, 7) is 0. The molecule has 2 N–H and O–H groups in total. The van der Waals surface area contributed by atoms with Crippen molar-refractivity contribution < 1.29 is 4.79 Å². The third kappa shape index (κ3) is 2.02. The highest BCUT2D eigenvalue weighted by Gasteiger charge is 2.40. The molecule has 1 atom stereocenters. The number of allylic oxidation sites excluding steroid dienone is 2. The molecule has 0 fully saturated rings. The van der Waals surface area contributed by atoms with Crippen molar-refractivity contribution in [2.45, 2.75) is 25.3 Å². The second kappa shape index (κ2) is 5.51. The maximum atomic E-state index is 13.4. The van der Waals surface area contributed by atoms with Gasteiger partial charge in [0, 0.05) is 30.1 Å². The minimum Gasteiger partial charge on any atom is -0.398 e. The number of pyridine rings is 1. The first-order valence-corrected chi connectivity index (χ1v) is 8.82. The lowest BCUT2D eigenvalue weighted by molar-refractivity contribution is -0.116. The van der Waals surface area contributed by atoms with Crippen LogP contribution in [-0.4, -0.2) is 20.1 Å². The fourth-order valence-corrected chi connectivity index (χ4v) is 4.24. The number of carbonyl (C=O) groups is 1. The predicted octanol–water partition coefficient (Wildman–Crippen LogP) is 1.71. The van der Waals surface area contributed by atoms with Crippen molar-refractivity contribution in [2.24, 2.45) is 0 Å². The molecule has 3 aromatic rings. The van der Waals surface area contributed by atoms with Crippen LogP contribution in [0.1, 0.15) is 30.9 Å². The number of nitrogen functional groups attached to an aromatic ring is 1. The zero-order valence-corrected chi connectivity index (χ0v) is 14.4. The maximum Gasteiger partial charge on any atom is 0.279 e. The molecule has 5 rings (SSSR count). The van der Waals surface area contributed by atoms with E-state index in [1.165, 1.54) is 9.36 Å². The SMILES string of the molecule is Nc1cccc2c(=O)n3n(c(=O)c12)C1=C(C(=O)CCC1)C3c1ccncc1. The van der Waals surface area contributed by atoms with Crippen molar-refractivity contribution >= 4 is 27.9 Å². The van der Waals surface area contributed by atoms with Crippen molar-refractivity contribution in [1.29, 1.82) is 0 Å². The Kier molecular flexibility index (Phi) is 3.21. The number of fused-ring (bicyclic) bond motifs is 3. The van der Waals surface area contributed by atoms with Gasteiger partial charge in [-0.15, -0.1) is 0 Å². The molecule has 7 heteroatoms. The Balaban J connectivity index is 1.97. The monoisotopic (exact) mass is 360 g/mol. The van der Waals surface area contributed by atoms with Gasteiger partial charge in [0.2, 0.25) is 0 Å². The Morgan fingerprint density at radius 2 is 1.78 bits per heavy atom. The van der Waals surface area contributed by atoms with Crippen LogP contribution in [0.2, 0.25) is 0 Å². The Morgan fingerprint density at radius 3 is 2.56 bits per heavy atom. The summed E-state index contributed by atoms with van der Waals surface area (Å²) in [5.41, 5.74) is 7.48. The summed E-state index contributed by atoms with van der Waals surface area (Å²) in [6.07, 6.45) is 4.88. The van der Waals surface area contributed by atoms with E-state index in [0.717, 1.165) is 5.56 Å². The lowest BCUT2D eigenvalue weighted by Crippen LogP contribution is -2.37. The predicted molar refractivity (Wildman–Crippen MR) is 101 cm³/mol. The van der Waals surface area contributed by atoms with E-state index in [9.17, 15) is 14.4 Å². The summed E-state index contributed by atoms with van der Waals surface area (Å²) in [5, 5.41) is 0.474. The minimum atomic E-state index is -0.623. The molecule has 0 spiro atoms. The number of carbonyl (C=O) groups excluding carboxylic acids is 1. The zero-order chi connectivity index (χ0) is 18.7. The van der Waals surface area contributed by atoms with E-state index >= 15 is 0 Å². The lowest BCUT2D eigenvalue weighted by atomic mass is 9.88. The number of hydrogen-bond acceptors (Lipinski definition) is 5. The van der Waals surface area contributed by atoms with Crippen LogP contribution in [0, 0.1) is 0 Å². The largest absolute Gasteiger partial charge is 0.398 e. The van der Waals surface area contributed by atoms with Crippen molar-refractivity contribution in [3.8, 4) is 0 Å². The molecule has 1 aliphatic heterocycles. The first-order valence-electron chi connectivity index (χ1n) is 8.82. The van der Waals surface area contributed by atoms with Crippen LogP contribution >= 0.6 is 0 Å². The topological polar surface area (TPSA) is 100.0 Å². The highest BCUT2D eigenvalue weighted by atomic mass is 16.2. The maximum absolute atomic E-state index is 13.4. The Labute approximate surface area is 153 Å². The second-order valence-electron chi connectivity index (χ2n) is 6.86. The highest BCUT2D eigenvalue weighted by Crippen LogP contribution is 2.40. The summed E-state index contributed by atoms with van der Waals surface area (Å²) in [7, 11) is 0. The van der Waals surface area contributed by atoms with Crippen LogP contribution < -0.4 is 16.9 Å². The van der Waals surface area contributed by atoms with Gasteiger partial charge >= 0.3 is 0 Å². The number of ketones is 1. The smallest absolute Gasteiger partial charge is 0.279 e. The molecule has 0 saturated heterocycles. The van der Waals surface area contributed by atoms with Gasteiger partial charge in [0.1, 0.15) is 6.04 Å². The molecular weight excluding hydrogens is 344 g/mol. The number of nitrogens with zero attached hydrogens (tertiary/aromatic N) is 3. The van der Waals surface area contributed by atoms with E-state index in [2.05, 4.69) is 4.98 Å². The van der Waals surface area contributed by atoms with Crippen LogP contribution in [0.5, 0.6) is 0 Å².